The molecule has 1 aliphatic heterocycles. The molecule has 2 nitrogen and oxygen atoms in total. The minimum atomic E-state index is 0.686. The molecule has 0 aromatic carbocycles. The van der Waals surface area contributed by atoms with E-state index in [0.29, 0.717) is 6.04 Å². The van der Waals surface area contributed by atoms with Gasteiger partial charge in [-0.25, -0.2) is 0 Å². The minimum Gasteiger partial charge on any atom is -0.314 e. The van der Waals surface area contributed by atoms with E-state index in [2.05, 4.69) is 37.9 Å². The van der Waals surface area contributed by atoms with Gasteiger partial charge < -0.3 is 10.2 Å². The Morgan fingerprint density at radius 1 is 1.19 bits per heavy atom. The molecule has 0 aliphatic carbocycles. The van der Waals surface area contributed by atoms with Gasteiger partial charge in [0.25, 0.3) is 0 Å². The van der Waals surface area contributed by atoms with Crippen LogP contribution >= 0.6 is 0 Å². The molecule has 16 heavy (non-hydrogen) atoms. The largest absolute Gasteiger partial charge is 0.314 e. The molecule has 0 amide bonds. The molecule has 0 radical (unpaired) electrons. The molecule has 0 aromatic rings. The van der Waals surface area contributed by atoms with Crippen molar-refractivity contribution < 1.29 is 0 Å². The van der Waals surface area contributed by atoms with Crippen molar-refractivity contribution in [3.05, 3.63) is 0 Å². The Labute approximate surface area is 102 Å². The summed E-state index contributed by atoms with van der Waals surface area (Å²) in [5, 5.41) is 3.64. The first-order valence-electron chi connectivity index (χ1n) is 7.07. The summed E-state index contributed by atoms with van der Waals surface area (Å²) in [5.74, 6) is 0.779. The minimum absolute atomic E-state index is 0.686. The van der Waals surface area contributed by atoms with Crippen LogP contribution in [-0.4, -0.2) is 36.6 Å². The van der Waals surface area contributed by atoms with Crippen molar-refractivity contribution in [2.75, 3.05) is 19.6 Å². The fourth-order valence-corrected chi connectivity index (χ4v) is 2.52. The van der Waals surface area contributed by atoms with Crippen molar-refractivity contribution in [1.29, 1.82) is 0 Å². The van der Waals surface area contributed by atoms with Crippen LogP contribution in [0.1, 0.15) is 53.4 Å². The quantitative estimate of drug-likeness (QED) is 0.749. The Morgan fingerprint density at radius 3 is 2.44 bits per heavy atom. The third-order valence-corrected chi connectivity index (χ3v) is 3.51. The summed E-state index contributed by atoms with van der Waals surface area (Å²) in [6.45, 7) is 13.0. The fourth-order valence-electron chi connectivity index (χ4n) is 2.52. The first kappa shape index (κ1) is 14.0. The van der Waals surface area contributed by atoms with E-state index in [0.717, 1.165) is 12.0 Å². The Balaban J connectivity index is 2.25. The molecule has 2 heteroatoms. The Morgan fingerprint density at radius 2 is 1.94 bits per heavy atom. The van der Waals surface area contributed by atoms with Gasteiger partial charge in [-0.2, -0.15) is 0 Å². The smallest absolute Gasteiger partial charge is 0.00792 e. The van der Waals surface area contributed by atoms with E-state index in [4.69, 9.17) is 0 Å². The van der Waals surface area contributed by atoms with E-state index in [9.17, 15) is 0 Å². The van der Waals surface area contributed by atoms with Gasteiger partial charge in [0, 0.05) is 18.6 Å². The van der Waals surface area contributed by atoms with Gasteiger partial charge in [0.15, 0.2) is 0 Å². The van der Waals surface area contributed by atoms with Gasteiger partial charge in [-0.05, 0) is 52.1 Å². The van der Waals surface area contributed by atoms with Crippen LogP contribution in [-0.2, 0) is 0 Å². The predicted octanol–water partition coefficient (Wildman–Crippen LogP) is 2.89. The molecule has 0 spiro atoms. The average Bonchev–Trinajstić information content (AvgIpc) is 2.25. The van der Waals surface area contributed by atoms with Crippen molar-refractivity contribution in [2.45, 2.75) is 65.5 Å². The predicted molar refractivity (Wildman–Crippen MR) is 71.8 cm³/mol. The molecule has 1 unspecified atom stereocenters. The third kappa shape index (κ3) is 5.31. The number of piperidine rings is 1. The summed E-state index contributed by atoms with van der Waals surface area (Å²) in [6, 6.07) is 1.47. The molecule has 0 saturated carbocycles. The molecule has 1 fully saturated rings. The number of hydrogen-bond donors (Lipinski definition) is 1. The Hall–Kier alpha value is -0.0800. The maximum absolute atomic E-state index is 3.64. The number of nitrogens with zero attached hydrogens (tertiary/aromatic N) is 1. The van der Waals surface area contributed by atoms with Crippen LogP contribution in [0, 0.1) is 5.92 Å². The van der Waals surface area contributed by atoms with Crippen LogP contribution < -0.4 is 5.32 Å². The molecule has 96 valence electrons. The molecule has 0 bridgehead atoms. The summed E-state index contributed by atoms with van der Waals surface area (Å²) < 4.78 is 0. The summed E-state index contributed by atoms with van der Waals surface area (Å²) in [5.41, 5.74) is 0. The molecule has 0 aromatic heterocycles. The molecule has 1 atom stereocenters. The van der Waals surface area contributed by atoms with Gasteiger partial charge in [0.2, 0.25) is 0 Å². The van der Waals surface area contributed by atoms with E-state index in [1.54, 1.807) is 0 Å². The standard InChI is InChI=1S/C14H30N2/c1-12(2)11-16(13(3)4)10-8-14-7-5-6-9-15-14/h12-15H,5-11H2,1-4H3. The van der Waals surface area contributed by atoms with Gasteiger partial charge in [-0.1, -0.05) is 20.3 Å². The summed E-state index contributed by atoms with van der Waals surface area (Å²) >= 11 is 0. The molecule has 1 saturated heterocycles. The van der Waals surface area contributed by atoms with Crippen molar-refractivity contribution in [3.63, 3.8) is 0 Å². The zero-order valence-corrected chi connectivity index (χ0v) is 11.6. The van der Waals surface area contributed by atoms with Crippen LogP contribution in [0.4, 0.5) is 0 Å². The summed E-state index contributed by atoms with van der Waals surface area (Å²) in [7, 11) is 0. The topological polar surface area (TPSA) is 15.3 Å². The second-order valence-corrected chi connectivity index (χ2v) is 5.92. The van der Waals surface area contributed by atoms with Gasteiger partial charge >= 0.3 is 0 Å². The van der Waals surface area contributed by atoms with E-state index in [1.807, 2.05) is 0 Å². The van der Waals surface area contributed by atoms with Gasteiger partial charge in [0.05, 0.1) is 0 Å². The molecule has 1 heterocycles. The van der Waals surface area contributed by atoms with E-state index in [-0.39, 0.29) is 0 Å². The van der Waals surface area contributed by atoms with E-state index < -0.39 is 0 Å². The number of rotatable bonds is 6. The first-order chi connectivity index (χ1) is 7.59. The number of hydrogen-bond acceptors (Lipinski definition) is 2. The van der Waals surface area contributed by atoms with Crippen LogP contribution in [0.2, 0.25) is 0 Å². The molecule has 1 rings (SSSR count). The highest BCUT2D eigenvalue weighted by atomic mass is 15.1. The highest BCUT2D eigenvalue weighted by molar-refractivity contribution is 4.75. The van der Waals surface area contributed by atoms with Crippen LogP contribution in [0.3, 0.4) is 0 Å². The van der Waals surface area contributed by atoms with Crippen LogP contribution in [0.25, 0.3) is 0 Å². The lowest BCUT2D eigenvalue weighted by molar-refractivity contribution is 0.183. The Kier molecular flexibility index (Phi) is 6.37. The van der Waals surface area contributed by atoms with Crippen molar-refractivity contribution in [3.8, 4) is 0 Å². The molecular weight excluding hydrogens is 196 g/mol. The normalized spacial score (nSPS) is 22.3. The highest BCUT2D eigenvalue weighted by Crippen LogP contribution is 2.12. The lowest BCUT2D eigenvalue weighted by Gasteiger charge is -2.31. The Bertz CT molecular complexity index is 172. The van der Waals surface area contributed by atoms with Crippen LogP contribution in [0.15, 0.2) is 0 Å². The second-order valence-electron chi connectivity index (χ2n) is 5.92. The van der Waals surface area contributed by atoms with Crippen LogP contribution in [0.5, 0.6) is 0 Å². The summed E-state index contributed by atoms with van der Waals surface area (Å²) in [4.78, 5) is 2.63. The van der Waals surface area contributed by atoms with Gasteiger partial charge in [-0.15, -0.1) is 0 Å². The average molecular weight is 226 g/mol. The molecule has 1 N–H and O–H groups in total. The first-order valence-corrected chi connectivity index (χ1v) is 7.07. The van der Waals surface area contributed by atoms with Crippen molar-refractivity contribution in [1.82, 2.24) is 10.2 Å². The maximum atomic E-state index is 3.64. The van der Waals surface area contributed by atoms with E-state index in [1.165, 1.54) is 45.3 Å². The number of nitrogens with one attached hydrogen (secondary N) is 1. The second kappa shape index (κ2) is 7.29. The monoisotopic (exact) mass is 226 g/mol. The van der Waals surface area contributed by atoms with Gasteiger partial charge in [-0.3, -0.25) is 0 Å². The van der Waals surface area contributed by atoms with Gasteiger partial charge in [0.1, 0.15) is 0 Å². The van der Waals surface area contributed by atoms with Crippen molar-refractivity contribution >= 4 is 0 Å². The third-order valence-electron chi connectivity index (χ3n) is 3.51. The summed E-state index contributed by atoms with van der Waals surface area (Å²) in [6.07, 6.45) is 5.50. The van der Waals surface area contributed by atoms with Crippen molar-refractivity contribution in [2.24, 2.45) is 5.92 Å². The SMILES string of the molecule is CC(C)CN(CCC1CCCCN1)C(C)C. The lowest BCUT2D eigenvalue weighted by atomic mass is 10.0. The highest BCUT2D eigenvalue weighted by Gasteiger charge is 2.16. The zero-order valence-electron chi connectivity index (χ0n) is 11.6. The molecular formula is C14H30N2. The van der Waals surface area contributed by atoms with E-state index >= 15 is 0 Å². The zero-order chi connectivity index (χ0) is 12.0. The fraction of sp³-hybridized carbons (Fsp3) is 1.00. The molecule has 1 aliphatic rings. The maximum Gasteiger partial charge on any atom is 0.00792 e. The lowest BCUT2D eigenvalue weighted by Crippen LogP contribution is -2.40.